The first-order valence-electron chi connectivity index (χ1n) is 8.02. The molecule has 0 radical (unpaired) electrons. The molecule has 2 heterocycles. The maximum Gasteiger partial charge on any atom is 0.342 e. The molecule has 0 atom stereocenters. The Kier molecular flexibility index (Phi) is 4.87. The van der Waals surface area contributed by atoms with E-state index in [1.807, 2.05) is 65.4 Å². The average Bonchev–Trinajstić information content (AvgIpc) is 3.28. The van der Waals surface area contributed by atoms with Crippen LogP contribution in [0.5, 0.6) is 0 Å². The maximum absolute atomic E-state index is 11.8. The Hall–Kier alpha value is -2.77. The molecule has 4 rings (SSSR count). The summed E-state index contributed by atoms with van der Waals surface area (Å²) in [7, 11) is 0. The number of carbonyl (C=O) groups is 1. The van der Waals surface area contributed by atoms with Gasteiger partial charge >= 0.3 is 5.97 Å². The highest BCUT2D eigenvalue weighted by molar-refractivity contribution is 9.10. The molecule has 0 amide bonds. The number of aromatic nitrogens is 2. The molecule has 0 unspecified atom stereocenters. The van der Waals surface area contributed by atoms with Crippen LogP contribution in [-0.4, -0.2) is 20.6 Å². The highest BCUT2D eigenvalue weighted by atomic mass is 79.9. The van der Waals surface area contributed by atoms with E-state index in [1.165, 1.54) is 0 Å². The van der Waals surface area contributed by atoms with Gasteiger partial charge in [0.25, 0.3) is 5.22 Å². The van der Waals surface area contributed by atoms with Crippen molar-refractivity contribution in [3.8, 4) is 5.69 Å². The average molecular weight is 441 g/mol. The molecule has 1 N–H and O–H groups in total. The smallest absolute Gasteiger partial charge is 0.342 e. The number of halogens is 1. The summed E-state index contributed by atoms with van der Waals surface area (Å²) in [5, 5.41) is 9.93. The molecule has 2 aromatic carbocycles. The molecule has 27 heavy (non-hydrogen) atoms. The van der Waals surface area contributed by atoms with E-state index in [4.69, 9.17) is 4.42 Å². The number of oxazole rings is 1. The van der Waals surface area contributed by atoms with Crippen molar-refractivity contribution < 1.29 is 14.3 Å². The summed E-state index contributed by atoms with van der Waals surface area (Å²) in [6.45, 7) is 0. The van der Waals surface area contributed by atoms with E-state index >= 15 is 0 Å². The van der Waals surface area contributed by atoms with Gasteiger partial charge in [0.15, 0.2) is 5.58 Å². The van der Waals surface area contributed by atoms with E-state index < -0.39 is 5.97 Å². The van der Waals surface area contributed by atoms with Gasteiger partial charge in [-0.25, -0.2) is 9.78 Å². The number of thioether (sulfide) groups is 1. The van der Waals surface area contributed by atoms with Gasteiger partial charge in [0, 0.05) is 22.1 Å². The lowest BCUT2D eigenvalue weighted by Gasteiger charge is -2.07. The minimum absolute atomic E-state index is 0.124. The van der Waals surface area contributed by atoms with Gasteiger partial charge in [-0.3, -0.25) is 0 Å². The number of rotatable bonds is 5. The van der Waals surface area contributed by atoms with Crippen LogP contribution in [-0.2, 0) is 4.79 Å². The van der Waals surface area contributed by atoms with Gasteiger partial charge in [-0.1, -0.05) is 28.1 Å². The molecule has 0 aliphatic carbocycles. The fourth-order valence-corrected chi connectivity index (χ4v) is 3.60. The first-order valence-corrected chi connectivity index (χ1v) is 9.63. The highest BCUT2D eigenvalue weighted by Gasteiger charge is 2.16. The Bertz CT molecular complexity index is 1110. The first kappa shape index (κ1) is 17.6. The van der Waals surface area contributed by atoms with Gasteiger partial charge in [-0.05, 0) is 66.4 Å². The SMILES string of the molecule is O=C(O)/C(=C/c1cccn1-c1ccc(Br)cc1)Sc1nc2ccccc2o1. The Labute approximate surface area is 167 Å². The molecule has 0 spiro atoms. The first-order chi connectivity index (χ1) is 13.1. The number of carboxylic acid groups (broad SMARTS) is 1. The predicted octanol–water partition coefficient (Wildman–Crippen LogP) is 5.60. The van der Waals surface area contributed by atoms with E-state index in [9.17, 15) is 9.90 Å². The number of nitrogens with zero attached hydrogens (tertiary/aromatic N) is 2. The third kappa shape index (κ3) is 3.84. The zero-order chi connectivity index (χ0) is 18.8. The Morgan fingerprint density at radius 2 is 1.89 bits per heavy atom. The molecular weight excluding hydrogens is 428 g/mol. The summed E-state index contributed by atoms with van der Waals surface area (Å²) >= 11 is 4.41. The Morgan fingerprint density at radius 1 is 1.11 bits per heavy atom. The fourth-order valence-electron chi connectivity index (χ4n) is 2.61. The number of benzene rings is 2. The molecule has 2 aromatic heterocycles. The summed E-state index contributed by atoms with van der Waals surface area (Å²) in [6.07, 6.45) is 3.50. The molecule has 0 saturated heterocycles. The van der Waals surface area contributed by atoms with Crippen molar-refractivity contribution in [3.05, 3.63) is 81.9 Å². The van der Waals surface area contributed by atoms with E-state index in [1.54, 1.807) is 12.1 Å². The minimum Gasteiger partial charge on any atom is -0.477 e. The summed E-state index contributed by atoms with van der Waals surface area (Å²) in [5.74, 6) is -1.04. The highest BCUT2D eigenvalue weighted by Crippen LogP contribution is 2.31. The van der Waals surface area contributed by atoms with Crippen LogP contribution in [0, 0.1) is 0 Å². The molecular formula is C20H13BrN2O3S. The second-order valence-corrected chi connectivity index (χ2v) is 7.55. The van der Waals surface area contributed by atoms with Gasteiger partial charge in [0.1, 0.15) is 10.4 Å². The van der Waals surface area contributed by atoms with Crippen LogP contribution in [0.4, 0.5) is 0 Å². The second kappa shape index (κ2) is 7.46. The van der Waals surface area contributed by atoms with Crippen LogP contribution in [0.3, 0.4) is 0 Å². The fraction of sp³-hybridized carbons (Fsp3) is 0. The van der Waals surface area contributed by atoms with Crippen LogP contribution in [0.1, 0.15) is 5.69 Å². The topological polar surface area (TPSA) is 68.3 Å². The third-order valence-corrected chi connectivity index (χ3v) is 5.24. The molecule has 0 aliphatic rings. The standard InChI is InChI=1S/C20H13BrN2O3S/c21-13-7-9-14(10-8-13)23-11-3-4-15(23)12-18(19(24)25)27-20-22-16-5-1-2-6-17(16)26-20/h1-12H,(H,24,25)/b18-12-. The summed E-state index contributed by atoms with van der Waals surface area (Å²) in [6, 6.07) is 18.9. The monoisotopic (exact) mass is 440 g/mol. The van der Waals surface area contributed by atoms with Crippen molar-refractivity contribution in [2.75, 3.05) is 0 Å². The molecule has 134 valence electrons. The summed E-state index contributed by atoms with van der Waals surface area (Å²) in [4.78, 5) is 16.2. The largest absolute Gasteiger partial charge is 0.477 e. The lowest BCUT2D eigenvalue weighted by molar-refractivity contribution is -0.131. The number of carboxylic acids is 1. The van der Waals surface area contributed by atoms with Crippen molar-refractivity contribution in [3.63, 3.8) is 0 Å². The molecule has 0 saturated carbocycles. The van der Waals surface area contributed by atoms with Crippen molar-refractivity contribution in [2.45, 2.75) is 5.22 Å². The minimum atomic E-state index is -1.04. The number of hydrogen-bond donors (Lipinski definition) is 1. The normalized spacial score (nSPS) is 11.8. The molecule has 7 heteroatoms. The number of hydrogen-bond acceptors (Lipinski definition) is 4. The van der Waals surface area contributed by atoms with E-state index in [0.717, 1.165) is 27.6 Å². The van der Waals surface area contributed by atoms with Crippen molar-refractivity contribution >= 4 is 50.8 Å². The molecule has 0 fully saturated rings. The summed E-state index contributed by atoms with van der Waals surface area (Å²) < 4.78 is 8.53. The zero-order valence-electron chi connectivity index (χ0n) is 13.9. The number of para-hydroxylation sites is 2. The van der Waals surface area contributed by atoms with E-state index in [-0.39, 0.29) is 4.91 Å². The molecule has 0 bridgehead atoms. The van der Waals surface area contributed by atoms with Crippen LogP contribution in [0.2, 0.25) is 0 Å². The van der Waals surface area contributed by atoms with Crippen molar-refractivity contribution in [1.82, 2.24) is 9.55 Å². The predicted molar refractivity (Wildman–Crippen MR) is 109 cm³/mol. The lowest BCUT2D eigenvalue weighted by Crippen LogP contribution is -1.99. The quantitative estimate of drug-likeness (QED) is 0.323. The van der Waals surface area contributed by atoms with Gasteiger partial charge in [-0.15, -0.1) is 0 Å². The van der Waals surface area contributed by atoms with Gasteiger partial charge in [0.2, 0.25) is 0 Å². The molecule has 0 aliphatic heterocycles. The summed E-state index contributed by atoms with van der Waals surface area (Å²) in [5.41, 5.74) is 3.01. The van der Waals surface area contributed by atoms with Crippen LogP contribution in [0.25, 0.3) is 22.9 Å². The molecule has 4 aromatic rings. The van der Waals surface area contributed by atoms with Gasteiger partial charge in [0.05, 0.1) is 0 Å². The Morgan fingerprint density at radius 3 is 2.63 bits per heavy atom. The molecule has 5 nitrogen and oxygen atoms in total. The van der Waals surface area contributed by atoms with Crippen molar-refractivity contribution in [1.29, 1.82) is 0 Å². The van der Waals surface area contributed by atoms with E-state index in [0.29, 0.717) is 16.3 Å². The van der Waals surface area contributed by atoms with Crippen LogP contribution >= 0.6 is 27.7 Å². The van der Waals surface area contributed by atoms with Gasteiger partial charge in [-0.2, -0.15) is 0 Å². The zero-order valence-corrected chi connectivity index (χ0v) is 16.3. The Balaban J connectivity index is 1.68. The number of aliphatic carboxylic acids is 1. The van der Waals surface area contributed by atoms with Gasteiger partial charge < -0.3 is 14.1 Å². The van der Waals surface area contributed by atoms with Crippen molar-refractivity contribution in [2.24, 2.45) is 0 Å². The maximum atomic E-state index is 11.8. The number of fused-ring (bicyclic) bond motifs is 1. The third-order valence-electron chi connectivity index (χ3n) is 3.85. The second-order valence-electron chi connectivity index (χ2n) is 5.64. The lowest BCUT2D eigenvalue weighted by atomic mass is 10.3. The van der Waals surface area contributed by atoms with Crippen LogP contribution in [0.15, 0.2) is 85.9 Å². The van der Waals surface area contributed by atoms with Crippen LogP contribution < -0.4 is 0 Å². The van der Waals surface area contributed by atoms with E-state index in [2.05, 4.69) is 20.9 Å².